The first-order valence-corrected chi connectivity index (χ1v) is 11.5. The molecular formula is C28H32O6. The fraction of sp³-hybridized carbons (Fsp3) is 0.357. The van der Waals surface area contributed by atoms with Gasteiger partial charge in [-0.05, 0) is 16.7 Å². The number of aliphatic hydroxyl groups excluding tert-OH is 1. The first-order valence-electron chi connectivity index (χ1n) is 11.5. The highest BCUT2D eigenvalue weighted by Gasteiger charge is 2.48. The minimum absolute atomic E-state index is 0.222. The number of hydrogen-bond donors (Lipinski definition) is 1. The number of benzene rings is 3. The Hall–Kier alpha value is -2.58. The van der Waals surface area contributed by atoms with Crippen LogP contribution in [-0.2, 0) is 43.5 Å². The molecule has 1 aliphatic heterocycles. The van der Waals surface area contributed by atoms with Crippen molar-refractivity contribution in [2.75, 3.05) is 13.7 Å². The summed E-state index contributed by atoms with van der Waals surface area (Å²) >= 11 is 0. The third-order valence-electron chi connectivity index (χ3n) is 5.87. The zero-order valence-electron chi connectivity index (χ0n) is 19.4. The van der Waals surface area contributed by atoms with Crippen LogP contribution in [-0.4, -0.2) is 49.5 Å². The summed E-state index contributed by atoms with van der Waals surface area (Å²) in [5.41, 5.74) is 3.08. The Kier molecular flexibility index (Phi) is 9.21. The standard InChI is InChI=1S/C28H32O6/c1-30-25-24(17-29)34-28(33-20-23-15-9-4-10-16-23)27(32-19-22-13-7-3-8-14-22)26(25)31-18-21-11-5-2-6-12-21/h2-16,24-29H,17-20H2,1H3/t24-,25-,26+,27-,28-/m1/s1. The fourth-order valence-corrected chi connectivity index (χ4v) is 4.10. The Morgan fingerprint density at radius 1 is 0.618 bits per heavy atom. The van der Waals surface area contributed by atoms with Crippen LogP contribution in [0.15, 0.2) is 91.0 Å². The molecule has 1 saturated heterocycles. The summed E-state index contributed by atoms with van der Waals surface area (Å²) in [7, 11) is 1.59. The smallest absolute Gasteiger partial charge is 0.187 e. The molecule has 1 aliphatic rings. The van der Waals surface area contributed by atoms with Gasteiger partial charge in [-0.2, -0.15) is 0 Å². The molecule has 4 rings (SSSR count). The number of rotatable bonds is 11. The number of methoxy groups -OCH3 is 1. The zero-order chi connectivity index (χ0) is 23.6. The van der Waals surface area contributed by atoms with Gasteiger partial charge in [-0.1, -0.05) is 91.0 Å². The van der Waals surface area contributed by atoms with Gasteiger partial charge in [-0.15, -0.1) is 0 Å². The summed E-state index contributed by atoms with van der Waals surface area (Å²) in [5, 5.41) is 10.0. The second-order valence-electron chi connectivity index (χ2n) is 8.24. The lowest BCUT2D eigenvalue weighted by Crippen LogP contribution is -2.61. The van der Waals surface area contributed by atoms with Crippen molar-refractivity contribution in [3.8, 4) is 0 Å². The Morgan fingerprint density at radius 3 is 1.50 bits per heavy atom. The van der Waals surface area contributed by atoms with Crippen LogP contribution in [0.1, 0.15) is 16.7 Å². The van der Waals surface area contributed by atoms with Crippen LogP contribution in [0, 0.1) is 0 Å². The van der Waals surface area contributed by atoms with Crippen LogP contribution in [0.3, 0.4) is 0 Å². The maximum absolute atomic E-state index is 10.0. The SMILES string of the molecule is CO[C@H]1[C@H](OCc2ccccc2)[C@@H](OCc2ccccc2)[C@H](OCc2ccccc2)O[C@@H]1CO. The second kappa shape index (κ2) is 12.8. The fourth-order valence-electron chi connectivity index (χ4n) is 4.10. The van der Waals surface area contributed by atoms with Crippen LogP contribution in [0.2, 0.25) is 0 Å². The molecule has 1 fully saturated rings. The minimum atomic E-state index is -0.742. The summed E-state index contributed by atoms with van der Waals surface area (Å²) in [6, 6.07) is 29.7. The van der Waals surface area contributed by atoms with E-state index in [1.807, 2.05) is 91.0 Å². The first-order chi connectivity index (χ1) is 16.8. The van der Waals surface area contributed by atoms with Crippen molar-refractivity contribution in [3.05, 3.63) is 108 Å². The van der Waals surface area contributed by atoms with Gasteiger partial charge in [0, 0.05) is 7.11 Å². The van der Waals surface area contributed by atoms with E-state index in [1.165, 1.54) is 0 Å². The number of ether oxygens (including phenoxy) is 5. The molecule has 0 radical (unpaired) electrons. The first kappa shape index (κ1) is 24.5. The van der Waals surface area contributed by atoms with E-state index in [9.17, 15) is 5.11 Å². The normalized spacial score (nSPS) is 24.7. The third kappa shape index (κ3) is 6.51. The van der Waals surface area contributed by atoms with Crippen molar-refractivity contribution in [1.29, 1.82) is 0 Å². The van der Waals surface area contributed by atoms with Gasteiger partial charge in [0.2, 0.25) is 0 Å². The Balaban J connectivity index is 1.55. The molecule has 3 aromatic rings. The largest absolute Gasteiger partial charge is 0.394 e. The van der Waals surface area contributed by atoms with E-state index in [0.29, 0.717) is 19.8 Å². The molecule has 6 nitrogen and oxygen atoms in total. The monoisotopic (exact) mass is 464 g/mol. The van der Waals surface area contributed by atoms with Gasteiger partial charge in [0.15, 0.2) is 6.29 Å². The van der Waals surface area contributed by atoms with Crippen molar-refractivity contribution in [3.63, 3.8) is 0 Å². The molecule has 5 atom stereocenters. The maximum atomic E-state index is 10.0. The van der Waals surface area contributed by atoms with Gasteiger partial charge < -0.3 is 28.8 Å². The third-order valence-corrected chi connectivity index (χ3v) is 5.87. The van der Waals surface area contributed by atoms with Crippen LogP contribution < -0.4 is 0 Å². The summed E-state index contributed by atoms with van der Waals surface area (Å²) in [5.74, 6) is 0. The van der Waals surface area contributed by atoms with Crippen molar-refractivity contribution in [2.24, 2.45) is 0 Å². The molecular weight excluding hydrogens is 432 g/mol. The van der Waals surface area contributed by atoms with Crippen molar-refractivity contribution < 1.29 is 28.8 Å². The van der Waals surface area contributed by atoms with Gasteiger partial charge in [-0.25, -0.2) is 0 Å². The molecule has 0 unspecified atom stereocenters. The minimum Gasteiger partial charge on any atom is -0.394 e. The van der Waals surface area contributed by atoms with E-state index >= 15 is 0 Å². The van der Waals surface area contributed by atoms with E-state index in [0.717, 1.165) is 16.7 Å². The average Bonchev–Trinajstić information content (AvgIpc) is 2.91. The summed E-state index contributed by atoms with van der Waals surface area (Å²) in [6.45, 7) is 0.865. The Labute approximate surface area is 201 Å². The highest BCUT2D eigenvalue weighted by molar-refractivity contribution is 5.15. The molecule has 0 bridgehead atoms. The quantitative estimate of drug-likeness (QED) is 0.461. The van der Waals surface area contributed by atoms with Crippen molar-refractivity contribution >= 4 is 0 Å². The molecule has 1 N–H and O–H groups in total. The van der Waals surface area contributed by atoms with E-state index < -0.39 is 30.7 Å². The molecule has 180 valence electrons. The van der Waals surface area contributed by atoms with E-state index in [2.05, 4.69) is 0 Å². The topological polar surface area (TPSA) is 66.4 Å². The number of hydrogen-bond acceptors (Lipinski definition) is 6. The van der Waals surface area contributed by atoms with E-state index in [4.69, 9.17) is 23.7 Å². The van der Waals surface area contributed by atoms with Gasteiger partial charge in [0.25, 0.3) is 0 Å². The highest BCUT2D eigenvalue weighted by Crippen LogP contribution is 2.30. The molecule has 0 aromatic heterocycles. The van der Waals surface area contributed by atoms with Crippen molar-refractivity contribution in [2.45, 2.75) is 50.5 Å². The molecule has 6 heteroatoms. The van der Waals surface area contributed by atoms with Crippen LogP contribution in [0.5, 0.6) is 0 Å². The molecule has 0 saturated carbocycles. The number of aliphatic hydroxyl groups is 1. The summed E-state index contributed by atoms with van der Waals surface area (Å²) in [4.78, 5) is 0. The van der Waals surface area contributed by atoms with Crippen LogP contribution in [0.4, 0.5) is 0 Å². The lowest BCUT2D eigenvalue weighted by molar-refractivity contribution is -0.325. The summed E-state index contributed by atoms with van der Waals surface area (Å²) < 4.78 is 30.8. The Morgan fingerprint density at radius 2 is 1.06 bits per heavy atom. The van der Waals surface area contributed by atoms with E-state index in [1.54, 1.807) is 7.11 Å². The predicted molar refractivity (Wildman–Crippen MR) is 128 cm³/mol. The molecule has 34 heavy (non-hydrogen) atoms. The second-order valence-corrected chi connectivity index (χ2v) is 8.24. The van der Waals surface area contributed by atoms with Crippen LogP contribution >= 0.6 is 0 Å². The van der Waals surface area contributed by atoms with Gasteiger partial charge in [0.1, 0.15) is 24.4 Å². The maximum Gasteiger partial charge on any atom is 0.187 e. The van der Waals surface area contributed by atoms with Crippen molar-refractivity contribution in [1.82, 2.24) is 0 Å². The van der Waals surface area contributed by atoms with Gasteiger partial charge in [-0.3, -0.25) is 0 Å². The summed E-state index contributed by atoms with van der Waals surface area (Å²) in [6.07, 6.45) is -2.96. The predicted octanol–water partition coefficient (Wildman–Crippen LogP) is 4.11. The van der Waals surface area contributed by atoms with Crippen LogP contribution in [0.25, 0.3) is 0 Å². The molecule has 0 amide bonds. The highest BCUT2D eigenvalue weighted by atomic mass is 16.7. The molecule has 3 aromatic carbocycles. The zero-order valence-corrected chi connectivity index (χ0v) is 19.4. The van der Waals surface area contributed by atoms with Gasteiger partial charge in [0.05, 0.1) is 26.4 Å². The van der Waals surface area contributed by atoms with E-state index in [-0.39, 0.29) is 6.61 Å². The lowest BCUT2D eigenvalue weighted by Gasteiger charge is -2.45. The Bertz CT molecular complexity index is 952. The average molecular weight is 465 g/mol. The molecule has 0 spiro atoms. The lowest BCUT2D eigenvalue weighted by atomic mass is 9.98. The molecule has 0 aliphatic carbocycles. The molecule has 1 heterocycles. The van der Waals surface area contributed by atoms with Gasteiger partial charge >= 0.3 is 0 Å².